The molecule has 0 aliphatic rings. The Kier molecular flexibility index (Phi) is 4.97. The average Bonchev–Trinajstić information content (AvgIpc) is 3.19. The third-order valence-corrected chi connectivity index (χ3v) is 4.97. The predicted octanol–water partition coefficient (Wildman–Crippen LogP) is 3.30. The molecule has 0 fully saturated rings. The summed E-state index contributed by atoms with van der Waals surface area (Å²) in [6, 6.07) is 7.69. The van der Waals surface area contributed by atoms with Gasteiger partial charge in [-0.15, -0.1) is 11.3 Å². The molecule has 0 unspecified atom stereocenters. The van der Waals surface area contributed by atoms with Gasteiger partial charge in [0.2, 0.25) is 0 Å². The molecule has 5 nitrogen and oxygen atoms in total. The molecule has 126 valence electrons. The molecule has 0 aliphatic carbocycles. The van der Waals surface area contributed by atoms with Gasteiger partial charge in [0.05, 0.1) is 27.5 Å². The molecule has 3 aromatic rings. The molecular weight excluding hydrogens is 322 g/mol. The Hall–Kier alpha value is -2.18. The minimum Gasteiger partial charge on any atom is -0.396 e. The first-order valence-corrected chi connectivity index (χ1v) is 8.94. The summed E-state index contributed by atoms with van der Waals surface area (Å²) in [5, 5.41) is 14.8. The first kappa shape index (κ1) is 16.7. The first-order valence-electron chi connectivity index (χ1n) is 8.06. The van der Waals surface area contributed by atoms with E-state index in [2.05, 4.69) is 19.2 Å². The van der Waals surface area contributed by atoms with Gasteiger partial charge in [-0.1, -0.05) is 19.9 Å². The zero-order chi connectivity index (χ0) is 17.1. The van der Waals surface area contributed by atoms with E-state index in [-0.39, 0.29) is 12.5 Å². The number of hydrogen-bond donors (Lipinski definition) is 2. The molecular formula is C18H21N3O2S. The fourth-order valence-corrected chi connectivity index (χ4v) is 3.41. The second-order valence-corrected chi connectivity index (χ2v) is 6.85. The van der Waals surface area contributed by atoms with Crippen molar-refractivity contribution >= 4 is 22.8 Å². The standard InChI is InChI=1S/C18H21N3O2S/c1-12(2)18-20-14(11-24-18)16-10-13(17(23)19-7-5-9-22)15-6-3-4-8-21(15)16/h3-4,6,8,10-12,22H,5,7,9H2,1-2H3,(H,19,23). The Morgan fingerprint density at radius 3 is 2.96 bits per heavy atom. The lowest BCUT2D eigenvalue weighted by molar-refractivity contribution is 0.0953. The smallest absolute Gasteiger partial charge is 0.253 e. The fraction of sp³-hybridized carbons (Fsp3) is 0.333. The second kappa shape index (κ2) is 7.15. The third-order valence-electron chi connectivity index (χ3n) is 3.82. The lowest BCUT2D eigenvalue weighted by atomic mass is 10.2. The quantitative estimate of drug-likeness (QED) is 0.675. The molecule has 0 saturated heterocycles. The number of thiazole rings is 1. The van der Waals surface area contributed by atoms with Gasteiger partial charge in [-0.05, 0) is 24.6 Å². The summed E-state index contributed by atoms with van der Waals surface area (Å²) in [6.45, 7) is 4.78. The number of fused-ring (bicyclic) bond motifs is 1. The number of nitrogens with zero attached hydrogens (tertiary/aromatic N) is 2. The van der Waals surface area contributed by atoms with Crippen molar-refractivity contribution in [2.45, 2.75) is 26.2 Å². The molecule has 24 heavy (non-hydrogen) atoms. The van der Waals surface area contributed by atoms with Crippen LogP contribution in [0.3, 0.4) is 0 Å². The normalized spacial score (nSPS) is 11.3. The fourth-order valence-electron chi connectivity index (χ4n) is 2.58. The first-order chi connectivity index (χ1) is 11.6. The van der Waals surface area contributed by atoms with Crippen LogP contribution in [0.2, 0.25) is 0 Å². The molecule has 0 aliphatic heterocycles. The minimum absolute atomic E-state index is 0.0683. The van der Waals surface area contributed by atoms with Gasteiger partial charge in [-0.3, -0.25) is 4.79 Å². The van der Waals surface area contributed by atoms with Gasteiger partial charge in [-0.25, -0.2) is 4.98 Å². The van der Waals surface area contributed by atoms with Crippen LogP contribution >= 0.6 is 11.3 Å². The molecule has 0 bridgehead atoms. The van der Waals surface area contributed by atoms with E-state index in [1.165, 1.54) is 0 Å². The van der Waals surface area contributed by atoms with Crippen molar-refractivity contribution in [3.05, 3.63) is 46.4 Å². The van der Waals surface area contributed by atoms with Crippen LogP contribution < -0.4 is 5.32 Å². The van der Waals surface area contributed by atoms with Crippen molar-refractivity contribution in [2.24, 2.45) is 0 Å². The van der Waals surface area contributed by atoms with Crippen LogP contribution in [-0.2, 0) is 0 Å². The number of carbonyl (C=O) groups excluding carboxylic acids is 1. The molecule has 0 atom stereocenters. The summed E-state index contributed by atoms with van der Waals surface area (Å²) in [6.07, 6.45) is 2.50. The van der Waals surface area contributed by atoms with Gasteiger partial charge >= 0.3 is 0 Å². The van der Waals surface area contributed by atoms with Crippen LogP contribution in [0.4, 0.5) is 0 Å². The van der Waals surface area contributed by atoms with Gasteiger partial charge in [0.25, 0.3) is 5.91 Å². The molecule has 3 rings (SSSR count). The zero-order valence-electron chi connectivity index (χ0n) is 13.8. The summed E-state index contributed by atoms with van der Waals surface area (Å²) in [5.74, 6) is 0.258. The van der Waals surface area contributed by atoms with E-state index in [0.29, 0.717) is 24.4 Å². The highest BCUT2D eigenvalue weighted by Crippen LogP contribution is 2.29. The summed E-state index contributed by atoms with van der Waals surface area (Å²) in [7, 11) is 0. The van der Waals surface area contributed by atoms with E-state index in [9.17, 15) is 4.79 Å². The number of carbonyl (C=O) groups is 1. The van der Waals surface area contributed by atoms with Crippen LogP contribution in [0.5, 0.6) is 0 Å². The lowest BCUT2D eigenvalue weighted by Crippen LogP contribution is -2.24. The number of aliphatic hydroxyl groups is 1. The highest BCUT2D eigenvalue weighted by Gasteiger charge is 2.18. The number of hydrogen-bond acceptors (Lipinski definition) is 4. The van der Waals surface area contributed by atoms with E-state index >= 15 is 0 Å². The van der Waals surface area contributed by atoms with Crippen LogP contribution in [0.25, 0.3) is 16.9 Å². The van der Waals surface area contributed by atoms with E-state index in [1.54, 1.807) is 11.3 Å². The van der Waals surface area contributed by atoms with Crippen LogP contribution in [0.1, 0.15) is 41.6 Å². The topological polar surface area (TPSA) is 66.6 Å². The molecule has 0 saturated carbocycles. The Balaban J connectivity index is 2.01. The van der Waals surface area contributed by atoms with Crippen LogP contribution in [0, 0.1) is 0 Å². The predicted molar refractivity (Wildman–Crippen MR) is 96.6 cm³/mol. The largest absolute Gasteiger partial charge is 0.396 e. The number of aliphatic hydroxyl groups excluding tert-OH is 1. The molecule has 0 spiro atoms. The van der Waals surface area contributed by atoms with E-state index < -0.39 is 0 Å². The van der Waals surface area contributed by atoms with Gasteiger partial charge in [0, 0.05) is 30.6 Å². The average molecular weight is 343 g/mol. The van der Waals surface area contributed by atoms with Gasteiger partial charge in [0.15, 0.2) is 0 Å². The highest BCUT2D eigenvalue weighted by molar-refractivity contribution is 7.10. The molecule has 0 radical (unpaired) electrons. The lowest BCUT2D eigenvalue weighted by Gasteiger charge is -2.03. The van der Waals surface area contributed by atoms with Crippen molar-refractivity contribution in [3.63, 3.8) is 0 Å². The van der Waals surface area contributed by atoms with Crippen molar-refractivity contribution in [1.29, 1.82) is 0 Å². The van der Waals surface area contributed by atoms with Crippen molar-refractivity contribution in [1.82, 2.24) is 14.7 Å². The highest BCUT2D eigenvalue weighted by atomic mass is 32.1. The third kappa shape index (κ3) is 3.20. The number of rotatable bonds is 6. The molecule has 6 heteroatoms. The number of pyridine rings is 1. The van der Waals surface area contributed by atoms with Crippen molar-refractivity contribution in [2.75, 3.05) is 13.2 Å². The summed E-state index contributed by atoms with van der Waals surface area (Å²) in [5.41, 5.74) is 3.29. The Morgan fingerprint density at radius 2 is 2.25 bits per heavy atom. The summed E-state index contributed by atoms with van der Waals surface area (Å²) >= 11 is 1.64. The number of amides is 1. The molecule has 0 aromatic carbocycles. The second-order valence-electron chi connectivity index (χ2n) is 5.96. The SMILES string of the molecule is CC(C)c1nc(-c2cc(C(=O)NCCCO)c3ccccn23)cs1. The van der Waals surface area contributed by atoms with E-state index in [4.69, 9.17) is 10.1 Å². The molecule has 2 N–H and O–H groups in total. The monoisotopic (exact) mass is 343 g/mol. The maximum atomic E-state index is 12.5. The maximum Gasteiger partial charge on any atom is 0.253 e. The Morgan fingerprint density at radius 1 is 1.42 bits per heavy atom. The number of aromatic nitrogens is 2. The maximum absolute atomic E-state index is 12.5. The zero-order valence-corrected chi connectivity index (χ0v) is 14.6. The van der Waals surface area contributed by atoms with E-state index in [0.717, 1.165) is 21.9 Å². The van der Waals surface area contributed by atoms with Crippen molar-refractivity contribution < 1.29 is 9.90 Å². The Bertz CT molecular complexity index is 851. The van der Waals surface area contributed by atoms with E-state index in [1.807, 2.05) is 40.2 Å². The van der Waals surface area contributed by atoms with Crippen LogP contribution in [0.15, 0.2) is 35.8 Å². The Labute approximate surface area is 145 Å². The minimum atomic E-state index is -0.127. The summed E-state index contributed by atoms with van der Waals surface area (Å²) < 4.78 is 2.00. The molecule has 3 aromatic heterocycles. The molecule has 3 heterocycles. The number of nitrogens with one attached hydrogen (secondary N) is 1. The van der Waals surface area contributed by atoms with Gasteiger partial charge < -0.3 is 14.8 Å². The van der Waals surface area contributed by atoms with Crippen LogP contribution in [-0.4, -0.2) is 33.6 Å². The van der Waals surface area contributed by atoms with Gasteiger partial charge in [0.1, 0.15) is 0 Å². The molecule has 1 amide bonds. The summed E-state index contributed by atoms with van der Waals surface area (Å²) in [4.78, 5) is 17.2. The van der Waals surface area contributed by atoms with Gasteiger partial charge in [-0.2, -0.15) is 0 Å². The van der Waals surface area contributed by atoms with Crippen molar-refractivity contribution in [3.8, 4) is 11.4 Å².